The van der Waals surface area contributed by atoms with Gasteiger partial charge in [0.05, 0.1) is 17.0 Å². The number of nitrogens with two attached hydrogens (primary N) is 1. The zero-order valence-electron chi connectivity index (χ0n) is 14.6. The normalized spacial score (nSPS) is 10.9. The lowest BCUT2D eigenvalue weighted by Gasteiger charge is -2.03. The number of carboxylic acids is 1. The molecule has 2 aromatic heterocycles. The Morgan fingerprint density at radius 2 is 1.71 bits per heavy atom. The standard InChI is InChI=1S/C19H16N6O2S/c20-25-18(21-22-19(25)28-12-16(26)27)15-11-24(14-9-5-2-6-10-14)23-17(15)13-7-3-1-4-8-13/h1-11H,12,20H2,(H,26,27). The number of carbonyl (C=O) groups is 1. The molecule has 0 saturated heterocycles. The van der Waals surface area contributed by atoms with Crippen molar-refractivity contribution in [1.29, 1.82) is 0 Å². The lowest BCUT2D eigenvalue weighted by atomic mass is 10.1. The third-order valence-corrected chi connectivity index (χ3v) is 4.94. The Morgan fingerprint density at radius 1 is 1.04 bits per heavy atom. The van der Waals surface area contributed by atoms with Gasteiger partial charge in [-0.15, -0.1) is 10.2 Å². The molecule has 0 bridgehead atoms. The van der Waals surface area contributed by atoms with Crippen LogP contribution in [-0.2, 0) is 4.79 Å². The lowest BCUT2D eigenvalue weighted by Crippen LogP contribution is -2.12. The minimum Gasteiger partial charge on any atom is -0.481 e. The Balaban J connectivity index is 1.82. The summed E-state index contributed by atoms with van der Waals surface area (Å²) >= 11 is 1.01. The van der Waals surface area contributed by atoms with Crippen LogP contribution in [-0.4, -0.2) is 41.5 Å². The number of benzene rings is 2. The Kier molecular flexibility index (Phi) is 4.81. The maximum Gasteiger partial charge on any atom is 0.313 e. The summed E-state index contributed by atoms with van der Waals surface area (Å²) in [5, 5.41) is 22.1. The number of rotatable bonds is 6. The highest BCUT2D eigenvalue weighted by Crippen LogP contribution is 2.31. The SMILES string of the molecule is Nn1c(SCC(=O)O)nnc1-c1cn(-c2ccccc2)nc1-c1ccccc1. The molecule has 0 unspecified atom stereocenters. The van der Waals surface area contributed by atoms with E-state index in [1.54, 1.807) is 4.68 Å². The van der Waals surface area contributed by atoms with Crippen molar-refractivity contribution in [1.82, 2.24) is 24.7 Å². The molecule has 8 nitrogen and oxygen atoms in total. The molecule has 0 atom stereocenters. The maximum atomic E-state index is 10.8. The van der Waals surface area contributed by atoms with Crippen LogP contribution >= 0.6 is 11.8 Å². The van der Waals surface area contributed by atoms with Gasteiger partial charge >= 0.3 is 5.97 Å². The number of carboxylic acid groups (broad SMARTS) is 1. The fraction of sp³-hybridized carbons (Fsp3) is 0.0526. The number of aromatic nitrogens is 5. The van der Waals surface area contributed by atoms with Gasteiger partial charge in [0.2, 0.25) is 5.16 Å². The molecule has 4 rings (SSSR count). The minimum atomic E-state index is -0.948. The predicted molar refractivity (Wildman–Crippen MR) is 107 cm³/mol. The highest BCUT2D eigenvalue weighted by Gasteiger charge is 2.21. The number of hydrogen-bond acceptors (Lipinski definition) is 6. The summed E-state index contributed by atoms with van der Waals surface area (Å²) in [5.74, 6) is 5.47. The zero-order valence-corrected chi connectivity index (χ0v) is 15.5. The maximum absolute atomic E-state index is 10.8. The Morgan fingerprint density at radius 3 is 2.39 bits per heavy atom. The van der Waals surface area contributed by atoms with E-state index < -0.39 is 5.97 Å². The van der Waals surface area contributed by atoms with Gasteiger partial charge in [-0.25, -0.2) is 9.36 Å². The van der Waals surface area contributed by atoms with Crippen molar-refractivity contribution in [3.8, 4) is 28.3 Å². The average Bonchev–Trinajstić information content (AvgIpc) is 3.31. The van der Waals surface area contributed by atoms with Crippen molar-refractivity contribution in [2.45, 2.75) is 5.16 Å². The molecule has 9 heteroatoms. The Hall–Kier alpha value is -3.59. The number of nitrogens with zero attached hydrogens (tertiary/aromatic N) is 5. The highest BCUT2D eigenvalue weighted by atomic mass is 32.2. The van der Waals surface area contributed by atoms with Gasteiger partial charge in [0.25, 0.3) is 0 Å². The van der Waals surface area contributed by atoms with Crippen LogP contribution in [0.15, 0.2) is 72.0 Å². The van der Waals surface area contributed by atoms with Crippen molar-refractivity contribution in [3.63, 3.8) is 0 Å². The third kappa shape index (κ3) is 3.47. The molecule has 28 heavy (non-hydrogen) atoms. The molecule has 0 aliphatic carbocycles. The van der Waals surface area contributed by atoms with E-state index in [-0.39, 0.29) is 5.75 Å². The second kappa shape index (κ2) is 7.57. The van der Waals surface area contributed by atoms with Gasteiger partial charge in [-0.1, -0.05) is 60.3 Å². The summed E-state index contributed by atoms with van der Waals surface area (Å²) in [6.45, 7) is 0. The average molecular weight is 392 g/mol. The van der Waals surface area contributed by atoms with Gasteiger partial charge in [-0.05, 0) is 12.1 Å². The summed E-state index contributed by atoms with van der Waals surface area (Å²) in [7, 11) is 0. The van der Waals surface area contributed by atoms with Crippen LogP contribution in [0.5, 0.6) is 0 Å². The van der Waals surface area contributed by atoms with Crippen LogP contribution in [0.25, 0.3) is 28.3 Å². The molecule has 0 aliphatic rings. The third-order valence-electron chi connectivity index (χ3n) is 4.01. The van der Waals surface area contributed by atoms with E-state index in [1.807, 2.05) is 66.9 Å². The van der Waals surface area contributed by atoms with Crippen molar-refractivity contribution < 1.29 is 9.90 Å². The fourth-order valence-corrected chi connectivity index (χ4v) is 3.32. The van der Waals surface area contributed by atoms with E-state index >= 15 is 0 Å². The molecule has 0 radical (unpaired) electrons. The van der Waals surface area contributed by atoms with Crippen LogP contribution < -0.4 is 5.84 Å². The topological polar surface area (TPSA) is 112 Å². The Bertz CT molecular complexity index is 1110. The van der Waals surface area contributed by atoms with E-state index in [0.717, 1.165) is 23.0 Å². The molecular weight excluding hydrogens is 376 g/mol. The van der Waals surface area contributed by atoms with Crippen molar-refractivity contribution in [2.24, 2.45) is 0 Å². The summed E-state index contributed by atoms with van der Waals surface area (Å²) < 4.78 is 3.06. The molecule has 140 valence electrons. The molecule has 4 aromatic rings. The number of hydrogen-bond donors (Lipinski definition) is 2. The monoisotopic (exact) mass is 392 g/mol. The first-order valence-electron chi connectivity index (χ1n) is 8.39. The second-order valence-corrected chi connectivity index (χ2v) is 6.84. The highest BCUT2D eigenvalue weighted by molar-refractivity contribution is 7.99. The molecule has 0 aliphatic heterocycles. The molecule has 0 fully saturated rings. The van der Waals surface area contributed by atoms with Crippen molar-refractivity contribution in [3.05, 3.63) is 66.9 Å². The van der Waals surface area contributed by atoms with E-state index in [0.29, 0.717) is 22.2 Å². The van der Waals surface area contributed by atoms with Crippen LogP contribution in [0.1, 0.15) is 0 Å². The largest absolute Gasteiger partial charge is 0.481 e. The van der Waals surface area contributed by atoms with E-state index in [9.17, 15) is 4.79 Å². The summed E-state index contributed by atoms with van der Waals surface area (Å²) in [6, 6.07) is 19.4. The second-order valence-electron chi connectivity index (χ2n) is 5.90. The minimum absolute atomic E-state index is 0.149. The van der Waals surface area contributed by atoms with Gasteiger partial charge < -0.3 is 10.9 Å². The summed E-state index contributed by atoms with van der Waals surface area (Å²) in [4.78, 5) is 10.8. The molecular formula is C19H16N6O2S. The summed E-state index contributed by atoms with van der Waals surface area (Å²) in [6.07, 6.45) is 1.84. The van der Waals surface area contributed by atoms with E-state index in [1.165, 1.54) is 4.68 Å². The quantitative estimate of drug-likeness (QED) is 0.383. The van der Waals surface area contributed by atoms with Gasteiger partial charge in [0.1, 0.15) is 5.69 Å². The van der Waals surface area contributed by atoms with Crippen molar-refractivity contribution >= 4 is 17.7 Å². The van der Waals surface area contributed by atoms with E-state index in [4.69, 9.17) is 16.0 Å². The van der Waals surface area contributed by atoms with Crippen LogP contribution in [0, 0.1) is 0 Å². The summed E-state index contributed by atoms with van der Waals surface area (Å²) in [5.41, 5.74) is 3.22. The zero-order chi connectivity index (χ0) is 19.5. The number of aliphatic carboxylic acids is 1. The smallest absolute Gasteiger partial charge is 0.313 e. The molecule has 3 N–H and O–H groups in total. The first-order valence-corrected chi connectivity index (χ1v) is 9.38. The van der Waals surface area contributed by atoms with Gasteiger partial charge in [-0.2, -0.15) is 5.10 Å². The molecule has 0 saturated carbocycles. The first-order chi connectivity index (χ1) is 13.6. The first kappa shape index (κ1) is 17.8. The number of para-hydroxylation sites is 1. The van der Waals surface area contributed by atoms with Crippen LogP contribution in [0.4, 0.5) is 0 Å². The van der Waals surface area contributed by atoms with Gasteiger partial charge in [-0.3, -0.25) is 4.79 Å². The van der Waals surface area contributed by atoms with Gasteiger partial charge in [0.15, 0.2) is 5.82 Å². The molecule has 0 spiro atoms. The van der Waals surface area contributed by atoms with Gasteiger partial charge in [0, 0.05) is 11.8 Å². The predicted octanol–water partition coefficient (Wildman–Crippen LogP) is 2.69. The lowest BCUT2D eigenvalue weighted by molar-refractivity contribution is -0.133. The molecule has 0 amide bonds. The van der Waals surface area contributed by atoms with Crippen molar-refractivity contribution in [2.75, 3.05) is 11.6 Å². The van der Waals surface area contributed by atoms with Crippen LogP contribution in [0.2, 0.25) is 0 Å². The fourth-order valence-electron chi connectivity index (χ4n) is 2.75. The van der Waals surface area contributed by atoms with E-state index in [2.05, 4.69) is 10.2 Å². The number of nitrogen functional groups attached to an aromatic ring is 1. The van der Waals surface area contributed by atoms with Crippen LogP contribution in [0.3, 0.4) is 0 Å². The number of thioether (sulfide) groups is 1. The molecule has 2 heterocycles. The molecule has 2 aromatic carbocycles. The Labute approximate surface area is 164 Å².